The third kappa shape index (κ3) is 9.27. The van der Waals surface area contributed by atoms with Crippen molar-refractivity contribution >= 4 is 50.4 Å². The van der Waals surface area contributed by atoms with E-state index in [1.807, 2.05) is 104 Å². The van der Waals surface area contributed by atoms with Crippen molar-refractivity contribution in [2.24, 2.45) is 73.6 Å². The Morgan fingerprint density at radius 1 is 0.462 bits per heavy atom. The molecule has 12 rings (SSSR count). The van der Waals surface area contributed by atoms with Crippen LogP contribution in [0.25, 0.3) is 101 Å². The molecule has 27 heteroatoms. The maximum Gasteiger partial charge on any atom is 0.267 e. The van der Waals surface area contributed by atoms with Gasteiger partial charge in [0.25, 0.3) is 17.7 Å². The molecule has 3 amide bonds. The number of carbonyl (C=O) groups excluding carboxylic acids is 3. The van der Waals surface area contributed by atoms with E-state index in [0.717, 1.165) is 85.5 Å². The highest BCUT2D eigenvalue weighted by Crippen LogP contribution is 2.32. The summed E-state index contributed by atoms with van der Waals surface area (Å²) in [6.07, 6.45) is 15.3. The minimum absolute atomic E-state index is 0.177. The fraction of sp³-hybridized carbons (Fsp3) is 0.235. The molecule has 0 bridgehead atoms. The van der Waals surface area contributed by atoms with Crippen molar-refractivity contribution in [3.63, 3.8) is 0 Å². The molecule has 0 unspecified atom stereocenters. The van der Waals surface area contributed by atoms with Crippen molar-refractivity contribution < 1.29 is 14.4 Å². The molecule has 0 aromatic carbocycles. The summed E-state index contributed by atoms with van der Waals surface area (Å²) >= 11 is 0. The molecule has 396 valence electrons. The van der Waals surface area contributed by atoms with Crippen molar-refractivity contribution in [2.45, 2.75) is 26.8 Å². The van der Waals surface area contributed by atoms with Gasteiger partial charge in [0.1, 0.15) is 51.2 Å². The monoisotopic (exact) mass is 1050 g/mol. The third-order valence-electron chi connectivity index (χ3n) is 13.0. The van der Waals surface area contributed by atoms with Gasteiger partial charge in [-0.1, -0.05) is 6.92 Å². The lowest BCUT2D eigenvalue weighted by Gasteiger charge is -2.05. The zero-order chi connectivity index (χ0) is 55.4. The van der Waals surface area contributed by atoms with Crippen molar-refractivity contribution in [3.8, 4) is 68.7 Å². The van der Waals surface area contributed by atoms with Gasteiger partial charge in [0.2, 0.25) is 0 Å². The van der Waals surface area contributed by atoms with Crippen molar-refractivity contribution in [2.75, 3.05) is 0 Å². The van der Waals surface area contributed by atoms with Crippen molar-refractivity contribution in [1.29, 1.82) is 0 Å². The van der Waals surface area contributed by atoms with E-state index in [1.165, 1.54) is 0 Å². The minimum Gasteiger partial charge on any atom is -0.364 e. The molecular weight excluding hydrogens is 997 g/mol. The van der Waals surface area contributed by atoms with Gasteiger partial charge in [-0.3, -0.25) is 42.5 Å². The summed E-state index contributed by atoms with van der Waals surface area (Å²) < 4.78 is 16.1. The molecule has 6 N–H and O–H groups in total. The summed E-state index contributed by atoms with van der Waals surface area (Å²) in [5.41, 5.74) is 26.9. The van der Waals surface area contributed by atoms with Crippen LogP contribution in [0.15, 0.2) is 86.0 Å². The molecule has 0 saturated heterocycles. The summed E-state index contributed by atoms with van der Waals surface area (Å²) in [6.45, 7) is 4.86. The van der Waals surface area contributed by atoms with E-state index in [-0.39, 0.29) is 17.1 Å². The summed E-state index contributed by atoms with van der Waals surface area (Å²) in [7, 11) is 14.8. The van der Waals surface area contributed by atoms with Crippen LogP contribution in [0.5, 0.6) is 0 Å². The number of hydrogen-bond acceptors (Lipinski definition) is 15. The first kappa shape index (κ1) is 51.0. The van der Waals surface area contributed by atoms with Gasteiger partial charge in [-0.15, -0.1) is 0 Å². The van der Waals surface area contributed by atoms with Crippen LogP contribution in [0.4, 0.5) is 0 Å². The Balaban J connectivity index is 0.000000132. The molecule has 0 aliphatic carbocycles. The predicted octanol–water partition coefficient (Wildman–Crippen LogP) is 3.79. The van der Waals surface area contributed by atoms with Crippen LogP contribution in [0, 0.1) is 6.92 Å². The van der Waals surface area contributed by atoms with Crippen LogP contribution >= 0.6 is 0 Å². The second-order valence-corrected chi connectivity index (χ2v) is 18.5. The number of fused-ring (bicyclic) bond motifs is 3. The second-order valence-electron chi connectivity index (χ2n) is 18.5. The number of nitrogens with two attached hydrogens (primary N) is 3. The molecule has 0 saturated carbocycles. The Labute approximate surface area is 443 Å². The standard InChI is InChI=1S/C18H20N8O.C17H18N8O.C16H16N8O/c1-4-7-26-14(5-6-20-26)13-10-24(2)18(23-13)16-11-9-21-25(3)15(11)8-12(22-16)17(19)27;1-9-5-14(25(4)22-9)12-8-23(2)17(21-12)15-10-7-19-24(3)13(10)6-11(20-15)16(18)26;1-22-8-11(12-4-5-18-23(12)2)21-16(22)14-9-7-19-24(3)13(9)6-10(20-14)15(17)25/h5-6,8-10H,4,7H2,1-3H3,(H2,19,27);5-8H,1-4H3,(H2,18,26);4-8H,1-3H3,(H2,17,25). The third-order valence-corrected chi connectivity index (χ3v) is 13.0. The van der Waals surface area contributed by atoms with E-state index >= 15 is 0 Å². The first-order valence-corrected chi connectivity index (χ1v) is 24.3. The molecule has 0 radical (unpaired) electrons. The number of pyridine rings is 3. The molecule has 78 heavy (non-hydrogen) atoms. The fourth-order valence-corrected chi connectivity index (χ4v) is 9.16. The van der Waals surface area contributed by atoms with E-state index in [2.05, 4.69) is 52.5 Å². The van der Waals surface area contributed by atoms with Crippen LogP contribution in [-0.2, 0) is 62.9 Å². The molecular formula is C51H54N24O3. The van der Waals surface area contributed by atoms with E-state index in [9.17, 15) is 14.4 Å². The molecule has 0 aliphatic heterocycles. The van der Waals surface area contributed by atoms with Gasteiger partial charge in [-0.05, 0) is 49.7 Å². The zero-order valence-corrected chi connectivity index (χ0v) is 44.3. The summed E-state index contributed by atoms with van der Waals surface area (Å²) in [4.78, 5) is 62.7. The number of hydrogen-bond donors (Lipinski definition) is 3. The van der Waals surface area contributed by atoms with E-state index in [4.69, 9.17) is 32.2 Å². The molecule has 0 fully saturated rings. The van der Waals surface area contributed by atoms with E-state index in [1.54, 1.807) is 86.7 Å². The van der Waals surface area contributed by atoms with Gasteiger partial charge < -0.3 is 30.9 Å². The number of aryl methyl sites for hydroxylation is 10. The highest BCUT2D eigenvalue weighted by molar-refractivity contribution is 6.01. The molecule has 12 heterocycles. The first-order chi connectivity index (χ1) is 37.3. The number of nitrogens with zero attached hydrogens (tertiary/aromatic N) is 21. The topological polar surface area (TPSA) is 328 Å². The average molecular weight is 1050 g/mol. The lowest BCUT2D eigenvalue weighted by molar-refractivity contribution is 0.0987. The normalized spacial score (nSPS) is 11.4. The molecule has 0 atom stereocenters. The Kier molecular flexibility index (Phi) is 13.1. The second kappa shape index (κ2) is 20.0. The molecule has 12 aromatic heterocycles. The maximum absolute atomic E-state index is 11.7. The largest absolute Gasteiger partial charge is 0.364 e. The van der Waals surface area contributed by atoms with Gasteiger partial charge in [0, 0.05) is 110 Å². The minimum atomic E-state index is -0.592. The number of amides is 3. The number of primary amides is 3. The zero-order valence-electron chi connectivity index (χ0n) is 44.3. The quantitative estimate of drug-likeness (QED) is 0.166. The van der Waals surface area contributed by atoms with Gasteiger partial charge in [-0.25, -0.2) is 29.9 Å². The summed E-state index contributed by atoms with van der Waals surface area (Å²) in [5, 5.41) is 28.1. The SMILES string of the molecule is CCCn1nccc1-c1cn(C)c(-c2nc(C(N)=O)cc3c2cnn3C)n1.Cc1cc(-c2cn(C)c(-c3nc(C(N)=O)cc4c3cnn4C)n2)n(C)n1.Cn1cc(-c2ccnn2C)nc1-c1nc(C(N)=O)cc2c1cnn2C. The van der Waals surface area contributed by atoms with Crippen molar-refractivity contribution in [1.82, 2.24) is 102 Å². The Bertz CT molecular complexity index is 4290. The fourth-order valence-electron chi connectivity index (χ4n) is 9.16. The first-order valence-electron chi connectivity index (χ1n) is 24.3. The smallest absolute Gasteiger partial charge is 0.267 e. The van der Waals surface area contributed by atoms with Crippen molar-refractivity contribution in [3.05, 3.63) is 109 Å². The summed E-state index contributed by atoms with van der Waals surface area (Å²) in [6, 6.07) is 10.7. The lowest BCUT2D eigenvalue weighted by atomic mass is 10.2. The molecule has 27 nitrogen and oxygen atoms in total. The summed E-state index contributed by atoms with van der Waals surface area (Å²) in [5.74, 6) is 0.110. The van der Waals surface area contributed by atoms with E-state index < -0.39 is 17.7 Å². The van der Waals surface area contributed by atoms with Gasteiger partial charge >= 0.3 is 0 Å². The number of carbonyl (C=O) groups is 3. The number of rotatable bonds is 11. The maximum atomic E-state index is 11.7. The Hall–Kier alpha value is -10.5. The van der Waals surface area contributed by atoms with E-state index in [0.29, 0.717) is 34.6 Å². The Morgan fingerprint density at radius 2 is 0.846 bits per heavy atom. The molecule has 12 aromatic rings. The van der Waals surface area contributed by atoms with Crippen LogP contribution in [0.3, 0.4) is 0 Å². The predicted molar refractivity (Wildman–Crippen MR) is 288 cm³/mol. The van der Waals surface area contributed by atoms with Gasteiger partial charge in [0.15, 0.2) is 17.5 Å². The average Bonchev–Trinajstić information content (AvgIpc) is 4.42. The number of imidazole rings is 3. The Morgan fingerprint density at radius 3 is 1.21 bits per heavy atom. The van der Waals surface area contributed by atoms with Crippen LogP contribution in [0.1, 0.15) is 50.5 Å². The van der Waals surface area contributed by atoms with Crippen LogP contribution < -0.4 is 17.2 Å². The van der Waals surface area contributed by atoms with Crippen LogP contribution in [0.2, 0.25) is 0 Å². The lowest BCUT2D eigenvalue weighted by Crippen LogP contribution is -2.14. The highest BCUT2D eigenvalue weighted by Gasteiger charge is 2.23. The molecule has 0 aliphatic rings. The highest BCUT2D eigenvalue weighted by atomic mass is 16.2. The number of aromatic nitrogens is 21. The molecule has 0 spiro atoms. The van der Waals surface area contributed by atoms with Gasteiger partial charge in [-0.2, -0.15) is 30.6 Å². The van der Waals surface area contributed by atoms with Crippen LogP contribution in [-0.4, -0.2) is 120 Å². The van der Waals surface area contributed by atoms with Gasteiger partial charge in [0.05, 0.1) is 57.9 Å².